The number of hydrogen-bond donors (Lipinski definition) is 3. The Kier molecular flexibility index (Phi) is 3.99. The fourth-order valence-corrected chi connectivity index (χ4v) is 3.45. The van der Waals surface area contributed by atoms with Gasteiger partial charge in [0.15, 0.2) is 0 Å². The molecule has 2 heterocycles. The van der Waals surface area contributed by atoms with Crippen LogP contribution in [-0.2, 0) is 13.0 Å². The third-order valence-corrected chi connectivity index (χ3v) is 4.77. The molecule has 2 aliphatic rings. The lowest BCUT2D eigenvalue weighted by Crippen LogP contribution is -2.34. The first-order valence-corrected chi connectivity index (χ1v) is 7.81. The van der Waals surface area contributed by atoms with Crippen LogP contribution in [0.15, 0.2) is 6.20 Å². The van der Waals surface area contributed by atoms with E-state index >= 15 is 0 Å². The molecule has 21 heavy (non-hydrogen) atoms. The number of carbonyl (C=O) groups is 1. The Morgan fingerprint density at radius 3 is 3.10 bits per heavy atom. The quantitative estimate of drug-likeness (QED) is 0.746. The molecule has 6 heteroatoms. The van der Waals surface area contributed by atoms with Crippen molar-refractivity contribution < 1.29 is 9.90 Å². The molecular formula is C15H24N4O2. The summed E-state index contributed by atoms with van der Waals surface area (Å²) in [6.07, 6.45) is 4.67. The van der Waals surface area contributed by atoms with Crippen LogP contribution in [0.5, 0.6) is 0 Å². The van der Waals surface area contributed by atoms with Crippen LogP contribution in [0, 0.1) is 11.8 Å². The number of aliphatic hydroxyl groups is 1. The van der Waals surface area contributed by atoms with Crippen molar-refractivity contribution in [3.8, 4) is 0 Å². The number of rotatable bonds is 3. The van der Waals surface area contributed by atoms with Crippen LogP contribution in [0.3, 0.4) is 0 Å². The van der Waals surface area contributed by atoms with Crippen LogP contribution in [0.1, 0.15) is 42.5 Å². The van der Waals surface area contributed by atoms with Gasteiger partial charge >= 0.3 is 0 Å². The van der Waals surface area contributed by atoms with Gasteiger partial charge in [-0.1, -0.05) is 6.92 Å². The number of fused-ring (bicyclic) bond motifs is 1. The monoisotopic (exact) mass is 292 g/mol. The Bertz CT molecular complexity index is 528. The van der Waals surface area contributed by atoms with E-state index in [1.165, 1.54) is 0 Å². The van der Waals surface area contributed by atoms with Crippen molar-refractivity contribution in [3.05, 3.63) is 17.7 Å². The maximum atomic E-state index is 12.3. The first-order chi connectivity index (χ1) is 10.0. The van der Waals surface area contributed by atoms with Gasteiger partial charge in [0.1, 0.15) is 11.5 Å². The van der Waals surface area contributed by atoms with Crippen molar-refractivity contribution >= 4 is 5.91 Å². The maximum Gasteiger partial charge on any atom is 0.269 e. The van der Waals surface area contributed by atoms with Gasteiger partial charge in [-0.25, -0.2) is 4.98 Å². The lowest BCUT2D eigenvalue weighted by Gasteiger charge is -2.21. The van der Waals surface area contributed by atoms with E-state index in [1.54, 1.807) is 6.20 Å². The number of amides is 1. The molecular weight excluding hydrogens is 268 g/mol. The predicted molar refractivity (Wildman–Crippen MR) is 78.8 cm³/mol. The molecule has 116 valence electrons. The zero-order valence-corrected chi connectivity index (χ0v) is 12.5. The van der Waals surface area contributed by atoms with Gasteiger partial charge in [-0.2, -0.15) is 0 Å². The number of imidazole rings is 1. The molecule has 1 unspecified atom stereocenters. The minimum absolute atomic E-state index is 0.0473. The van der Waals surface area contributed by atoms with E-state index in [0.717, 1.165) is 31.6 Å². The first kappa shape index (κ1) is 14.5. The minimum Gasteiger partial charge on any atom is -0.393 e. The van der Waals surface area contributed by atoms with Crippen LogP contribution < -0.4 is 11.1 Å². The molecule has 1 aliphatic carbocycles. The molecule has 1 aromatic heterocycles. The van der Waals surface area contributed by atoms with Gasteiger partial charge in [-0.05, 0) is 25.2 Å². The minimum atomic E-state index is -0.402. The smallest absolute Gasteiger partial charge is 0.269 e. The van der Waals surface area contributed by atoms with E-state index in [2.05, 4.69) is 17.2 Å². The van der Waals surface area contributed by atoms with E-state index < -0.39 is 6.10 Å². The fourth-order valence-electron chi connectivity index (χ4n) is 3.45. The van der Waals surface area contributed by atoms with Gasteiger partial charge in [0, 0.05) is 31.5 Å². The maximum absolute atomic E-state index is 12.3. The van der Waals surface area contributed by atoms with Crippen LogP contribution in [0.4, 0.5) is 0 Å². The molecule has 1 aromatic rings. The number of hydrogen-bond acceptors (Lipinski definition) is 4. The second kappa shape index (κ2) is 5.77. The zero-order valence-electron chi connectivity index (χ0n) is 12.5. The molecule has 4 N–H and O–H groups in total. The lowest BCUT2D eigenvalue weighted by molar-refractivity contribution is 0.0906. The van der Waals surface area contributed by atoms with E-state index in [9.17, 15) is 9.90 Å². The summed E-state index contributed by atoms with van der Waals surface area (Å²) < 4.78 is 2.02. The summed E-state index contributed by atoms with van der Waals surface area (Å²) in [5, 5.41) is 12.8. The van der Waals surface area contributed by atoms with Crippen LogP contribution in [-0.4, -0.2) is 39.3 Å². The highest BCUT2D eigenvalue weighted by molar-refractivity contribution is 5.92. The Morgan fingerprint density at radius 2 is 2.38 bits per heavy atom. The highest BCUT2D eigenvalue weighted by atomic mass is 16.3. The first-order valence-electron chi connectivity index (χ1n) is 7.81. The van der Waals surface area contributed by atoms with Gasteiger partial charge in [0.2, 0.25) is 0 Å². The topological polar surface area (TPSA) is 93.2 Å². The van der Waals surface area contributed by atoms with Gasteiger partial charge < -0.3 is 20.7 Å². The third-order valence-electron chi connectivity index (χ3n) is 4.77. The average molecular weight is 292 g/mol. The Morgan fingerprint density at radius 1 is 1.57 bits per heavy atom. The summed E-state index contributed by atoms with van der Waals surface area (Å²) in [5.74, 6) is 1.59. The second-order valence-corrected chi connectivity index (χ2v) is 6.58. The normalized spacial score (nSPS) is 32.0. The zero-order chi connectivity index (χ0) is 15.0. The summed E-state index contributed by atoms with van der Waals surface area (Å²) >= 11 is 0. The van der Waals surface area contributed by atoms with Gasteiger partial charge in [-0.3, -0.25) is 4.79 Å². The van der Waals surface area contributed by atoms with Gasteiger partial charge in [0.05, 0.1) is 12.3 Å². The van der Waals surface area contributed by atoms with E-state index in [0.29, 0.717) is 24.6 Å². The predicted octanol–water partition coefficient (Wildman–Crippen LogP) is 0.293. The van der Waals surface area contributed by atoms with Crippen molar-refractivity contribution in [2.45, 2.75) is 51.3 Å². The number of nitrogens with two attached hydrogens (primary N) is 1. The highest BCUT2D eigenvalue weighted by Crippen LogP contribution is 2.24. The molecule has 1 fully saturated rings. The Hall–Kier alpha value is -1.40. The fraction of sp³-hybridized carbons (Fsp3) is 0.733. The summed E-state index contributed by atoms with van der Waals surface area (Å²) in [7, 11) is 0. The summed E-state index contributed by atoms with van der Waals surface area (Å²) in [6.45, 7) is 3.55. The van der Waals surface area contributed by atoms with Crippen LogP contribution >= 0.6 is 0 Å². The van der Waals surface area contributed by atoms with Crippen LogP contribution in [0.25, 0.3) is 0 Å². The van der Waals surface area contributed by atoms with Crippen molar-refractivity contribution in [2.75, 3.05) is 6.54 Å². The largest absolute Gasteiger partial charge is 0.393 e. The van der Waals surface area contributed by atoms with Crippen molar-refractivity contribution in [3.63, 3.8) is 0 Å². The highest BCUT2D eigenvalue weighted by Gasteiger charge is 2.31. The molecule has 1 amide bonds. The molecule has 0 bridgehead atoms. The molecule has 0 radical (unpaired) electrons. The van der Waals surface area contributed by atoms with Crippen molar-refractivity contribution in [1.29, 1.82) is 0 Å². The van der Waals surface area contributed by atoms with E-state index in [-0.39, 0.29) is 17.9 Å². The van der Waals surface area contributed by atoms with E-state index in [4.69, 9.17) is 5.73 Å². The van der Waals surface area contributed by atoms with Crippen LogP contribution in [0.2, 0.25) is 0 Å². The summed E-state index contributed by atoms with van der Waals surface area (Å²) in [6, 6.07) is 0.0473. The number of aliphatic hydroxyl groups excluding tert-OH is 1. The SMILES string of the molecule is CC1CCn2c(C(=O)NC[C@@H]3C[C@@H](N)C[C@@H]3O)cnc2C1. The van der Waals surface area contributed by atoms with E-state index in [1.807, 2.05) is 4.57 Å². The molecule has 0 saturated heterocycles. The van der Waals surface area contributed by atoms with Gasteiger partial charge in [0.25, 0.3) is 5.91 Å². The standard InChI is InChI=1S/C15H24N4O2/c1-9-2-3-19-12(8-17-14(19)4-9)15(21)18-7-10-5-11(16)6-13(10)20/h8-11,13,20H,2-7,16H2,1H3,(H,18,21)/t9?,10-,11+,13-/m0/s1. The second-order valence-electron chi connectivity index (χ2n) is 6.58. The molecule has 4 atom stereocenters. The summed E-state index contributed by atoms with van der Waals surface area (Å²) in [5.41, 5.74) is 6.47. The molecule has 3 rings (SSSR count). The third kappa shape index (κ3) is 2.96. The molecule has 0 spiro atoms. The Balaban J connectivity index is 1.61. The Labute approximate surface area is 124 Å². The molecule has 0 aromatic carbocycles. The molecule has 1 aliphatic heterocycles. The molecule has 1 saturated carbocycles. The van der Waals surface area contributed by atoms with Crippen molar-refractivity contribution in [1.82, 2.24) is 14.9 Å². The number of nitrogens with zero attached hydrogens (tertiary/aromatic N) is 2. The number of aromatic nitrogens is 2. The number of carbonyl (C=O) groups excluding carboxylic acids is 1. The van der Waals surface area contributed by atoms with Gasteiger partial charge in [-0.15, -0.1) is 0 Å². The number of nitrogens with one attached hydrogen (secondary N) is 1. The summed E-state index contributed by atoms with van der Waals surface area (Å²) in [4.78, 5) is 16.7. The average Bonchev–Trinajstić information content (AvgIpc) is 2.98. The lowest BCUT2D eigenvalue weighted by atomic mass is 10.0. The molecule has 6 nitrogen and oxygen atoms in total. The van der Waals surface area contributed by atoms with Crippen molar-refractivity contribution in [2.24, 2.45) is 17.6 Å².